The molecule has 0 bridgehead atoms. The van der Waals surface area contributed by atoms with Gasteiger partial charge in [0.25, 0.3) is 0 Å². The minimum absolute atomic E-state index is 0.0531. The minimum Gasteiger partial charge on any atom is -0.396 e. The van der Waals surface area contributed by atoms with Crippen molar-refractivity contribution < 1.29 is 9.90 Å². The van der Waals surface area contributed by atoms with Gasteiger partial charge in [-0.3, -0.25) is 5.32 Å². The second-order valence-corrected chi connectivity index (χ2v) is 5.85. The number of hydrogen-bond acceptors (Lipinski definition) is 5. The summed E-state index contributed by atoms with van der Waals surface area (Å²) < 4.78 is 0. The number of amides is 2. The third-order valence-corrected chi connectivity index (χ3v) is 4.43. The van der Waals surface area contributed by atoms with E-state index in [4.69, 9.17) is 0 Å². The Morgan fingerprint density at radius 3 is 2.89 bits per heavy atom. The lowest BCUT2D eigenvalue weighted by Gasteiger charge is -2.30. The molecule has 7 heteroatoms. The lowest BCUT2D eigenvalue weighted by Crippen LogP contribution is -2.45. The van der Waals surface area contributed by atoms with Gasteiger partial charge in [-0.05, 0) is 19.3 Å². The highest BCUT2D eigenvalue weighted by Crippen LogP contribution is 2.24. The van der Waals surface area contributed by atoms with Gasteiger partial charge in [0.15, 0.2) is 0 Å². The molecule has 3 N–H and O–H groups in total. The summed E-state index contributed by atoms with van der Waals surface area (Å²) in [5.74, 6) is 0.167. The zero-order valence-corrected chi connectivity index (χ0v) is 11.9. The molecule has 1 aliphatic carbocycles. The molecule has 2 atom stereocenters. The van der Waals surface area contributed by atoms with Gasteiger partial charge in [0, 0.05) is 18.6 Å². The van der Waals surface area contributed by atoms with Crippen LogP contribution >= 0.6 is 11.3 Å². The summed E-state index contributed by atoms with van der Waals surface area (Å²) in [5.41, 5.74) is 0. The van der Waals surface area contributed by atoms with Crippen molar-refractivity contribution in [2.45, 2.75) is 45.1 Å². The predicted octanol–water partition coefficient (Wildman–Crippen LogP) is 1.77. The second kappa shape index (κ2) is 6.81. The van der Waals surface area contributed by atoms with Crippen molar-refractivity contribution in [2.75, 3.05) is 11.9 Å². The van der Waals surface area contributed by atoms with Crippen LogP contribution in [0, 0.1) is 5.92 Å². The molecule has 106 valence electrons. The Bertz CT molecular complexity index is 424. The maximum Gasteiger partial charge on any atom is 0.321 e. The van der Waals surface area contributed by atoms with E-state index in [2.05, 4.69) is 20.8 Å². The number of urea groups is 1. The molecular weight excluding hydrogens is 264 g/mol. The van der Waals surface area contributed by atoms with E-state index in [9.17, 15) is 9.90 Å². The van der Waals surface area contributed by atoms with E-state index in [0.717, 1.165) is 37.1 Å². The summed E-state index contributed by atoms with van der Waals surface area (Å²) in [5, 5.41) is 24.2. The molecule has 0 spiro atoms. The maximum absolute atomic E-state index is 11.9. The van der Waals surface area contributed by atoms with Gasteiger partial charge in [-0.15, -0.1) is 10.2 Å². The fourth-order valence-corrected chi connectivity index (χ4v) is 3.04. The number of carbonyl (C=O) groups excluding carboxylic acids is 1. The Hall–Kier alpha value is -1.21. The molecular formula is C12H20N4O2S. The van der Waals surface area contributed by atoms with Crippen LogP contribution in [0.3, 0.4) is 0 Å². The van der Waals surface area contributed by atoms with Crippen molar-refractivity contribution in [2.24, 2.45) is 5.92 Å². The highest BCUT2D eigenvalue weighted by atomic mass is 32.1. The molecule has 0 aromatic carbocycles. The third kappa shape index (κ3) is 3.87. The number of aromatic nitrogens is 2. The van der Waals surface area contributed by atoms with Gasteiger partial charge in [0.2, 0.25) is 5.13 Å². The van der Waals surface area contributed by atoms with Crippen LogP contribution in [0.15, 0.2) is 0 Å². The topological polar surface area (TPSA) is 87.1 Å². The molecule has 1 fully saturated rings. The molecule has 0 aliphatic heterocycles. The van der Waals surface area contributed by atoms with Crippen LogP contribution in [0.2, 0.25) is 0 Å². The monoisotopic (exact) mass is 284 g/mol. The maximum atomic E-state index is 11.9. The van der Waals surface area contributed by atoms with Crippen LogP contribution in [0.5, 0.6) is 0 Å². The molecule has 1 saturated carbocycles. The smallest absolute Gasteiger partial charge is 0.321 e. The molecule has 1 aromatic rings. The lowest BCUT2D eigenvalue weighted by molar-refractivity contribution is 0.156. The fourth-order valence-electron chi connectivity index (χ4n) is 2.36. The number of nitrogens with one attached hydrogen (secondary N) is 2. The molecule has 0 saturated heterocycles. The molecule has 1 aliphatic rings. The molecule has 2 unspecified atom stereocenters. The van der Waals surface area contributed by atoms with Crippen LogP contribution in [-0.4, -0.2) is 34.0 Å². The highest BCUT2D eigenvalue weighted by molar-refractivity contribution is 7.15. The number of aliphatic hydroxyl groups is 1. The summed E-state index contributed by atoms with van der Waals surface area (Å²) in [4.78, 5) is 11.9. The standard InChI is InChI=1S/C12H20N4O2S/c1-2-10-15-16-12(19-10)14-11(18)13-9-6-4-3-5-8(9)7-17/h8-9,17H,2-7H2,1H3,(H2,13,14,16,18). The Kier molecular flexibility index (Phi) is 5.09. The highest BCUT2D eigenvalue weighted by Gasteiger charge is 2.26. The average molecular weight is 284 g/mol. The van der Waals surface area contributed by atoms with E-state index < -0.39 is 0 Å². The van der Waals surface area contributed by atoms with Crippen molar-refractivity contribution in [3.05, 3.63) is 5.01 Å². The van der Waals surface area contributed by atoms with Gasteiger partial charge in [0.1, 0.15) is 5.01 Å². The van der Waals surface area contributed by atoms with Crippen LogP contribution in [-0.2, 0) is 6.42 Å². The molecule has 2 amide bonds. The number of carbonyl (C=O) groups is 1. The van der Waals surface area contributed by atoms with Crippen molar-refractivity contribution in [3.8, 4) is 0 Å². The Morgan fingerprint density at radius 1 is 1.42 bits per heavy atom. The van der Waals surface area contributed by atoms with Gasteiger partial charge < -0.3 is 10.4 Å². The first-order valence-electron chi connectivity index (χ1n) is 6.73. The molecule has 0 radical (unpaired) electrons. The summed E-state index contributed by atoms with van der Waals surface area (Å²) in [6, 6.07) is -0.207. The predicted molar refractivity (Wildman–Crippen MR) is 74.3 cm³/mol. The van der Waals surface area contributed by atoms with Crippen molar-refractivity contribution in [3.63, 3.8) is 0 Å². The van der Waals surface area contributed by atoms with E-state index in [1.165, 1.54) is 11.3 Å². The summed E-state index contributed by atoms with van der Waals surface area (Å²) in [6.45, 7) is 2.13. The molecule has 19 heavy (non-hydrogen) atoms. The summed E-state index contributed by atoms with van der Waals surface area (Å²) in [6.07, 6.45) is 4.94. The van der Waals surface area contributed by atoms with Gasteiger partial charge in [0.05, 0.1) is 0 Å². The van der Waals surface area contributed by atoms with Crippen molar-refractivity contribution >= 4 is 22.5 Å². The number of aliphatic hydroxyl groups excluding tert-OH is 1. The first-order valence-corrected chi connectivity index (χ1v) is 7.55. The van der Waals surface area contributed by atoms with Gasteiger partial charge >= 0.3 is 6.03 Å². The molecule has 2 rings (SSSR count). The van der Waals surface area contributed by atoms with Crippen LogP contribution in [0.4, 0.5) is 9.93 Å². The summed E-state index contributed by atoms with van der Waals surface area (Å²) >= 11 is 1.39. The first kappa shape index (κ1) is 14.2. The van der Waals surface area contributed by atoms with Gasteiger partial charge in [-0.1, -0.05) is 31.1 Å². The van der Waals surface area contributed by atoms with E-state index in [1.807, 2.05) is 6.92 Å². The van der Waals surface area contributed by atoms with Crippen LogP contribution in [0.1, 0.15) is 37.6 Å². The van der Waals surface area contributed by atoms with E-state index in [1.54, 1.807) is 0 Å². The number of anilines is 1. The average Bonchev–Trinajstić information content (AvgIpc) is 2.87. The zero-order valence-electron chi connectivity index (χ0n) is 11.1. The third-order valence-electron chi connectivity index (χ3n) is 3.45. The Morgan fingerprint density at radius 2 is 2.21 bits per heavy atom. The fraction of sp³-hybridized carbons (Fsp3) is 0.750. The number of aryl methyl sites for hydroxylation is 1. The number of nitrogens with zero attached hydrogens (tertiary/aromatic N) is 2. The largest absolute Gasteiger partial charge is 0.396 e. The number of rotatable bonds is 4. The molecule has 1 aromatic heterocycles. The van der Waals surface area contributed by atoms with E-state index in [0.29, 0.717) is 5.13 Å². The van der Waals surface area contributed by atoms with Crippen LogP contribution < -0.4 is 10.6 Å². The van der Waals surface area contributed by atoms with Gasteiger partial charge in [-0.25, -0.2) is 4.79 Å². The normalized spacial score (nSPS) is 23.1. The van der Waals surface area contributed by atoms with Gasteiger partial charge in [-0.2, -0.15) is 0 Å². The molecule has 1 heterocycles. The SMILES string of the molecule is CCc1nnc(NC(=O)NC2CCCCC2CO)s1. The first-order chi connectivity index (χ1) is 9.22. The van der Waals surface area contributed by atoms with E-state index in [-0.39, 0.29) is 24.6 Å². The van der Waals surface area contributed by atoms with Crippen molar-refractivity contribution in [1.29, 1.82) is 0 Å². The number of hydrogen-bond donors (Lipinski definition) is 3. The Balaban J connectivity index is 1.86. The lowest BCUT2D eigenvalue weighted by atomic mass is 9.85. The second-order valence-electron chi connectivity index (χ2n) is 4.79. The minimum atomic E-state index is -0.260. The van der Waals surface area contributed by atoms with E-state index >= 15 is 0 Å². The van der Waals surface area contributed by atoms with Crippen molar-refractivity contribution in [1.82, 2.24) is 15.5 Å². The quantitative estimate of drug-likeness (QED) is 0.786. The zero-order chi connectivity index (χ0) is 13.7. The van der Waals surface area contributed by atoms with Crippen LogP contribution in [0.25, 0.3) is 0 Å². The summed E-state index contributed by atoms with van der Waals surface area (Å²) in [7, 11) is 0. The Labute approximate surface area is 116 Å². The molecule has 6 nitrogen and oxygen atoms in total.